The van der Waals surface area contributed by atoms with Gasteiger partial charge in [-0.15, -0.1) is 0 Å². The number of sulfone groups is 1. The van der Waals surface area contributed by atoms with Crippen molar-refractivity contribution in [2.45, 2.75) is 39.7 Å². The summed E-state index contributed by atoms with van der Waals surface area (Å²) >= 11 is 0. The number of benzene rings is 1. The average molecular weight is 284 g/mol. The third-order valence-corrected chi connectivity index (χ3v) is 5.03. The molecule has 0 spiro atoms. The summed E-state index contributed by atoms with van der Waals surface area (Å²) in [7, 11) is -2.89. The maximum Gasteiger partial charge on any atom is 0.150 e. The van der Waals surface area contributed by atoms with Crippen molar-refractivity contribution in [1.29, 1.82) is 0 Å². The molecular formula is C14H24N2O2S. The minimum atomic E-state index is -2.89. The van der Waals surface area contributed by atoms with Crippen LogP contribution in [0.4, 0.5) is 0 Å². The summed E-state index contributed by atoms with van der Waals surface area (Å²) < 4.78 is 22.9. The molecule has 0 aromatic heterocycles. The van der Waals surface area contributed by atoms with Crippen LogP contribution in [0, 0.1) is 13.8 Å². The Bertz CT molecular complexity index is 492. The molecule has 0 aliphatic carbocycles. The van der Waals surface area contributed by atoms with Crippen LogP contribution >= 0.6 is 0 Å². The van der Waals surface area contributed by atoms with Gasteiger partial charge in [0.25, 0.3) is 0 Å². The molecule has 1 rings (SSSR count). The smallest absolute Gasteiger partial charge is 0.150 e. The number of hydrogen-bond donors (Lipinski definition) is 2. The van der Waals surface area contributed by atoms with Crippen molar-refractivity contribution in [3.63, 3.8) is 0 Å². The van der Waals surface area contributed by atoms with E-state index in [1.807, 2.05) is 13.8 Å². The van der Waals surface area contributed by atoms with E-state index in [2.05, 4.69) is 23.6 Å². The van der Waals surface area contributed by atoms with Crippen molar-refractivity contribution in [3.8, 4) is 0 Å². The molecule has 5 heteroatoms. The van der Waals surface area contributed by atoms with E-state index in [9.17, 15) is 8.42 Å². The lowest BCUT2D eigenvalue weighted by atomic mass is 9.99. The molecule has 0 aliphatic heterocycles. The van der Waals surface area contributed by atoms with Gasteiger partial charge in [-0.1, -0.05) is 36.2 Å². The summed E-state index contributed by atoms with van der Waals surface area (Å²) in [6.07, 6.45) is 1.34. The van der Waals surface area contributed by atoms with Crippen LogP contribution in [0.2, 0.25) is 0 Å². The van der Waals surface area contributed by atoms with E-state index in [4.69, 9.17) is 5.84 Å². The van der Waals surface area contributed by atoms with Gasteiger partial charge in [0.15, 0.2) is 0 Å². The fourth-order valence-corrected chi connectivity index (χ4v) is 3.10. The highest BCUT2D eigenvalue weighted by molar-refractivity contribution is 7.91. The fourth-order valence-electron chi connectivity index (χ4n) is 2.21. The molecule has 0 saturated carbocycles. The molecule has 0 heterocycles. The normalized spacial score (nSPS) is 13.5. The highest BCUT2D eigenvalue weighted by atomic mass is 32.2. The van der Waals surface area contributed by atoms with Crippen molar-refractivity contribution >= 4 is 9.84 Å². The van der Waals surface area contributed by atoms with Crippen LogP contribution in [-0.2, 0) is 9.84 Å². The molecule has 0 bridgehead atoms. The molecule has 0 fully saturated rings. The molecule has 19 heavy (non-hydrogen) atoms. The van der Waals surface area contributed by atoms with E-state index in [-0.39, 0.29) is 17.5 Å². The Morgan fingerprint density at radius 1 is 1.21 bits per heavy atom. The fraction of sp³-hybridized carbons (Fsp3) is 0.571. The van der Waals surface area contributed by atoms with Gasteiger partial charge in [-0.3, -0.25) is 11.3 Å². The number of hydrazine groups is 1. The van der Waals surface area contributed by atoms with Crippen LogP contribution in [0.1, 0.15) is 42.5 Å². The van der Waals surface area contributed by atoms with Gasteiger partial charge < -0.3 is 0 Å². The summed E-state index contributed by atoms with van der Waals surface area (Å²) in [5.74, 6) is 6.02. The summed E-state index contributed by atoms with van der Waals surface area (Å²) in [5, 5.41) is 0. The van der Waals surface area contributed by atoms with E-state index >= 15 is 0 Å². The first-order valence-corrected chi connectivity index (χ1v) is 8.45. The highest BCUT2D eigenvalue weighted by Gasteiger charge is 2.13. The molecule has 1 aromatic carbocycles. The quantitative estimate of drug-likeness (QED) is 0.593. The molecule has 1 atom stereocenters. The Morgan fingerprint density at radius 3 is 2.26 bits per heavy atom. The van der Waals surface area contributed by atoms with Gasteiger partial charge in [0.1, 0.15) is 9.84 Å². The second-order valence-corrected chi connectivity index (χ2v) is 7.49. The molecule has 0 saturated heterocycles. The molecule has 1 unspecified atom stereocenters. The van der Waals surface area contributed by atoms with Gasteiger partial charge >= 0.3 is 0 Å². The standard InChI is InChI=1S/C14H24N2O2S/c1-4-19(17,18)7-5-6-14(16-15)13-9-11(2)8-12(3)10-13/h8-10,14,16H,4-7,15H2,1-3H3. The lowest BCUT2D eigenvalue weighted by Gasteiger charge is -2.17. The molecular weight excluding hydrogens is 260 g/mol. The van der Waals surface area contributed by atoms with Crippen molar-refractivity contribution in [1.82, 2.24) is 5.43 Å². The molecule has 4 nitrogen and oxygen atoms in total. The Kier molecular flexibility index (Phi) is 5.97. The Balaban J connectivity index is 2.68. The molecule has 0 amide bonds. The SMILES string of the molecule is CCS(=O)(=O)CCCC(NN)c1cc(C)cc(C)c1. The van der Waals surface area contributed by atoms with E-state index < -0.39 is 9.84 Å². The van der Waals surface area contributed by atoms with Crippen molar-refractivity contribution in [3.05, 3.63) is 34.9 Å². The summed E-state index contributed by atoms with van der Waals surface area (Å²) in [6, 6.07) is 6.29. The van der Waals surface area contributed by atoms with Gasteiger partial charge in [0, 0.05) is 11.8 Å². The lowest BCUT2D eigenvalue weighted by molar-refractivity contribution is 0.507. The summed E-state index contributed by atoms with van der Waals surface area (Å²) in [5.41, 5.74) is 6.28. The topological polar surface area (TPSA) is 72.2 Å². The number of rotatable bonds is 7. The monoisotopic (exact) mass is 284 g/mol. The summed E-state index contributed by atoms with van der Waals surface area (Å²) in [4.78, 5) is 0. The molecule has 0 aliphatic rings. The molecule has 3 N–H and O–H groups in total. The first-order valence-electron chi connectivity index (χ1n) is 6.62. The zero-order valence-corrected chi connectivity index (χ0v) is 12.8. The van der Waals surface area contributed by atoms with Gasteiger partial charge in [0.05, 0.1) is 5.75 Å². The zero-order chi connectivity index (χ0) is 14.5. The van der Waals surface area contributed by atoms with Gasteiger partial charge in [0.2, 0.25) is 0 Å². The first kappa shape index (κ1) is 16.1. The predicted molar refractivity (Wildman–Crippen MR) is 79.5 cm³/mol. The minimum absolute atomic E-state index is 0.00524. The van der Waals surface area contributed by atoms with Gasteiger partial charge in [-0.25, -0.2) is 8.42 Å². The van der Waals surface area contributed by atoms with Crippen molar-refractivity contribution in [2.75, 3.05) is 11.5 Å². The highest BCUT2D eigenvalue weighted by Crippen LogP contribution is 2.21. The Hall–Kier alpha value is -0.910. The lowest BCUT2D eigenvalue weighted by Crippen LogP contribution is -2.28. The van der Waals surface area contributed by atoms with Crippen LogP contribution in [0.25, 0.3) is 0 Å². The van der Waals surface area contributed by atoms with E-state index in [0.29, 0.717) is 6.42 Å². The van der Waals surface area contributed by atoms with E-state index in [0.717, 1.165) is 12.0 Å². The van der Waals surface area contributed by atoms with Crippen LogP contribution < -0.4 is 11.3 Å². The van der Waals surface area contributed by atoms with Gasteiger partial charge in [-0.2, -0.15) is 0 Å². The van der Waals surface area contributed by atoms with Crippen molar-refractivity contribution in [2.24, 2.45) is 5.84 Å². The van der Waals surface area contributed by atoms with Gasteiger partial charge in [-0.05, 0) is 32.3 Å². The second kappa shape index (κ2) is 7.03. The summed E-state index contributed by atoms with van der Waals surface area (Å²) in [6.45, 7) is 5.77. The van der Waals surface area contributed by atoms with E-state index in [1.54, 1.807) is 6.92 Å². The third kappa shape index (κ3) is 5.30. The number of nitrogens with two attached hydrogens (primary N) is 1. The number of nitrogens with one attached hydrogen (secondary N) is 1. The third-order valence-electron chi connectivity index (χ3n) is 3.24. The Morgan fingerprint density at radius 2 is 1.79 bits per heavy atom. The van der Waals surface area contributed by atoms with Crippen LogP contribution in [0.5, 0.6) is 0 Å². The van der Waals surface area contributed by atoms with E-state index in [1.165, 1.54) is 11.1 Å². The predicted octanol–water partition coefficient (Wildman–Crippen LogP) is 2.02. The molecule has 0 radical (unpaired) electrons. The molecule has 1 aromatic rings. The number of aryl methyl sites for hydroxylation is 2. The van der Waals surface area contributed by atoms with Crippen LogP contribution in [-0.4, -0.2) is 19.9 Å². The average Bonchev–Trinajstić information content (AvgIpc) is 2.33. The van der Waals surface area contributed by atoms with Crippen molar-refractivity contribution < 1.29 is 8.42 Å². The largest absolute Gasteiger partial charge is 0.271 e. The Labute approximate surface area is 116 Å². The van der Waals surface area contributed by atoms with Crippen LogP contribution in [0.3, 0.4) is 0 Å². The second-order valence-electron chi connectivity index (χ2n) is 5.02. The van der Waals surface area contributed by atoms with Crippen LogP contribution in [0.15, 0.2) is 18.2 Å². The zero-order valence-electron chi connectivity index (χ0n) is 11.9. The minimum Gasteiger partial charge on any atom is -0.271 e. The number of hydrogen-bond acceptors (Lipinski definition) is 4. The maximum absolute atomic E-state index is 11.5. The first-order chi connectivity index (χ1) is 8.88. The maximum atomic E-state index is 11.5. The molecule has 108 valence electrons.